The summed E-state index contributed by atoms with van der Waals surface area (Å²) in [6.45, 7) is 9.36. The fraction of sp³-hybridized carbons (Fsp3) is 1.00. The molecule has 6 fully saturated rings. The molecule has 0 aromatic heterocycles. The van der Waals surface area contributed by atoms with E-state index in [4.69, 9.17) is 0 Å². The number of nitrogens with zero attached hydrogens (tertiary/aromatic N) is 1. The Hall–Kier alpha value is -0.160. The molecule has 0 aromatic carbocycles. The molecule has 6 aliphatic rings. The zero-order chi connectivity index (χ0) is 21.7. The van der Waals surface area contributed by atoms with Crippen molar-refractivity contribution in [1.82, 2.24) is 4.90 Å². The number of hydrogen-bond donors (Lipinski definition) is 3. The van der Waals surface area contributed by atoms with Crippen molar-refractivity contribution in [3.63, 3.8) is 0 Å². The molecular weight excluding hydrogens is 386 g/mol. The predicted octanol–water partition coefficient (Wildman–Crippen LogP) is 3.68. The van der Waals surface area contributed by atoms with E-state index in [9.17, 15) is 15.3 Å². The quantitative estimate of drug-likeness (QED) is 0.547. The van der Waals surface area contributed by atoms with Gasteiger partial charge in [0.15, 0.2) is 0 Å². The second-order valence-electron chi connectivity index (χ2n) is 13.4. The summed E-state index contributed by atoms with van der Waals surface area (Å²) in [7, 11) is 0. The van der Waals surface area contributed by atoms with Crippen molar-refractivity contribution in [3.8, 4) is 0 Å². The van der Waals surface area contributed by atoms with Crippen LogP contribution in [0.1, 0.15) is 78.6 Å². The molecule has 4 heteroatoms. The van der Waals surface area contributed by atoms with E-state index in [1.54, 1.807) is 0 Å². The summed E-state index contributed by atoms with van der Waals surface area (Å²) >= 11 is 0. The molecule has 176 valence electrons. The minimum Gasteiger partial charge on any atom is -0.393 e. The smallest absolute Gasteiger partial charge is 0.0805 e. The highest BCUT2D eigenvalue weighted by Gasteiger charge is 2.64. The van der Waals surface area contributed by atoms with Crippen molar-refractivity contribution in [3.05, 3.63) is 0 Å². The molecule has 0 aromatic rings. The molecule has 2 heterocycles. The van der Waals surface area contributed by atoms with Crippen LogP contribution in [0.25, 0.3) is 0 Å². The van der Waals surface area contributed by atoms with Crippen molar-refractivity contribution in [2.75, 3.05) is 13.1 Å². The number of rotatable bonds is 0. The lowest BCUT2D eigenvalue weighted by molar-refractivity contribution is -0.176. The number of fused-ring (bicyclic) bond motifs is 8. The molecule has 4 saturated carbocycles. The van der Waals surface area contributed by atoms with Gasteiger partial charge in [0.2, 0.25) is 0 Å². The van der Waals surface area contributed by atoms with Gasteiger partial charge in [-0.3, -0.25) is 4.90 Å². The maximum atomic E-state index is 11.8. The summed E-state index contributed by atoms with van der Waals surface area (Å²) in [6.07, 6.45) is 9.43. The molecule has 0 spiro atoms. The molecule has 3 N–H and O–H groups in total. The summed E-state index contributed by atoms with van der Waals surface area (Å²) in [5, 5.41) is 33.3. The van der Waals surface area contributed by atoms with Crippen molar-refractivity contribution in [2.45, 2.75) is 102 Å². The summed E-state index contributed by atoms with van der Waals surface area (Å²) in [6, 6.07) is 0.355. The lowest BCUT2D eigenvalue weighted by Gasteiger charge is -2.60. The fourth-order valence-corrected chi connectivity index (χ4v) is 10.6. The van der Waals surface area contributed by atoms with E-state index >= 15 is 0 Å². The van der Waals surface area contributed by atoms with Gasteiger partial charge < -0.3 is 15.3 Å². The van der Waals surface area contributed by atoms with Gasteiger partial charge in [0, 0.05) is 19.1 Å². The first kappa shape index (κ1) is 21.4. The number of hydrogen-bond acceptors (Lipinski definition) is 4. The van der Waals surface area contributed by atoms with Crippen LogP contribution in [0.4, 0.5) is 0 Å². The van der Waals surface area contributed by atoms with Crippen molar-refractivity contribution in [1.29, 1.82) is 0 Å². The van der Waals surface area contributed by atoms with Crippen LogP contribution in [0.2, 0.25) is 0 Å². The molecule has 4 nitrogen and oxygen atoms in total. The highest BCUT2D eigenvalue weighted by atomic mass is 16.3. The van der Waals surface area contributed by atoms with Crippen LogP contribution < -0.4 is 0 Å². The molecule has 6 rings (SSSR count). The molecule has 0 unspecified atom stereocenters. The lowest BCUT2D eigenvalue weighted by atomic mass is 9.51. The molecule has 31 heavy (non-hydrogen) atoms. The third-order valence-electron chi connectivity index (χ3n) is 12.0. The minimum atomic E-state index is -0.553. The SMILES string of the molecule is C[C@H]1CC[C@@H]2N(C1)C[C@H]1[C@@H]3C[C@H]4[C@@H](C[C@@H](O)[C@H]5C[C@@H](O)CC[C@@]54C)[C@H]3CC[C@@H]1[C@]2(C)O. The van der Waals surface area contributed by atoms with E-state index in [2.05, 4.69) is 25.7 Å². The van der Waals surface area contributed by atoms with E-state index in [0.717, 1.165) is 50.5 Å². The van der Waals surface area contributed by atoms with Gasteiger partial charge in [-0.15, -0.1) is 0 Å². The van der Waals surface area contributed by atoms with Crippen LogP contribution in [0.5, 0.6) is 0 Å². The van der Waals surface area contributed by atoms with Crippen LogP contribution in [0.3, 0.4) is 0 Å². The highest BCUT2D eigenvalue weighted by Crippen LogP contribution is 2.67. The number of piperidine rings is 2. The van der Waals surface area contributed by atoms with Crippen LogP contribution in [0, 0.1) is 52.8 Å². The molecule has 0 amide bonds. The summed E-state index contributed by atoms with van der Waals surface area (Å²) < 4.78 is 0. The molecule has 4 aliphatic carbocycles. The van der Waals surface area contributed by atoms with Crippen molar-refractivity contribution < 1.29 is 15.3 Å². The average Bonchev–Trinajstić information content (AvgIpc) is 3.09. The normalized spacial score (nSPS) is 61.5. The van der Waals surface area contributed by atoms with Gasteiger partial charge in [-0.1, -0.05) is 13.8 Å². The monoisotopic (exact) mass is 431 g/mol. The second kappa shape index (κ2) is 7.17. The Bertz CT molecular complexity index is 711. The van der Waals surface area contributed by atoms with Crippen LogP contribution >= 0.6 is 0 Å². The third-order valence-corrected chi connectivity index (χ3v) is 12.0. The Morgan fingerprint density at radius 1 is 0.742 bits per heavy atom. The van der Waals surface area contributed by atoms with Gasteiger partial charge in [-0.05, 0) is 117 Å². The third kappa shape index (κ3) is 3.00. The van der Waals surface area contributed by atoms with Gasteiger partial charge in [0.1, 0.15) is 0 Å². The number of aliphatic hydroxyl groups is 3. The van der Waals surface area contributed by atoms with Gasteiger partial charge in [-0.25, -0.2) is 0 Å². The van der Waals surface area contributed by atoms with E-state index in [1.807, 2.05) is 0 Å². The number of aliphatic hydroxyl groups excluding tert-OH is 2. The summed E-state index contributed by atoms with van der Waals surface area (Å²) in [5.41, 5.74) is -0.365. The highest BCUT2D eigenvalue weighted by molar-refractivity contribution is 5.14. The van der Waals surface area contributed by atoms with E-state index in [0.29, 0.717) is 35.6 Å². The Kier molecular flexibility index (Phi) is 4.94. The lowest BCUT2D eigenvalue weighted by Crippen LogP contribution is -2.67. The standard InChI is InChI=1S/C27H45NO3/c1-15-4-7-25-27(3,31)21-6-5-17-18(20(21)14-28(25)13-15)11-22-19(17)12-24(30)23-10-16(29)8-9-26(22,23)2/h15-25,29-31H,4-14H2,1-3H3/t15-,16-,17-,18+,19-,20-,21-,22-,23+,24+,25-,26+,27-/m0/s1. The first-order valence-electron chi connectivity index (χ1n) is 13.5. The topological polar surface area (TPSA) is 63.9 Å². The van der Waals surface area contributed by atoms with Crippen molar-refractivity contribution >= 4 is 0 Å². The van der Waals surface area contributed by atoms with Crippen LogP contribution in [-0.4, -0.2) is 57.2 Å². The van der Waals surface area contributed by atoms with Gasteiger partial charge in [0.05, 0.1) is 17.8 Å². The Balaban J connectivity index is 1.30. The van der Waals surface area contributed by atoms with Crippen molar-refractivity contribution in [2.24, 2.45) is 52.8 Å². The average molecular weight is 432 g/mol. The predicted molar refractivity (Wildman–Crippen MR) is 121 cm³/mol. The molecule has 2 saturated heterocycles. The Morgan fingerprint density at radius 2 is 1.55 bits per heavy atom. The minimum absolute atomic E-state index is 0.188. The maximum Gasteiger partial charge on any atom is 0.0805 e. The fourth-order valence-electron chi connectivity index (χ4n) is 10.6. The van der Waals surface area contributed by atoms with Crippen LogP contribution in [-0.2, 0) is 0 Å². The van der Waals surface area contributed by atoms with Gasteiger partial charge in [0.25, 0.3) is 0 Å². The molecule has 13 atom stereocenters. The van der Waals surface area contributed by atoms with Crippen LogP contribution in [0.15, 0.2) is 0 Å². The zero-order valence-corrected chi connectivity index (χ0v) is 19.9. The zero-order valence-electron chi connectivity index (χ0n) is 19.9. The molecular formula is C27H45NO3. The molecule has 2 aliphatic heterocycles. The van der Waals surface area contributed by atoms with Gasteiger partial charge in [-0.2, -0.15) is 0 Å². The summed E-state index contributed by atoms with van der Waals surface area (Å²) in [4.78, 5) is 2.68. The first-order chi connectivity index (χ1) is 14.7. The molecule has 0 bridgehead atoms. The largest absolute Gasteiger partial charge is 0.393 e. The van der Waals surface area contributed by atoms with Gasteiger partial charge >= 0.3 is 0 Å². The Morgan fingerprint density at radius 3 is 2.35 bits per heavy atom. The Labute approximate surface area is 188 Å². The van der Waals surface area contributed by atoms with E-state index in [-0.39, 0.29) is 23.5 Å². The maximum absolute atomic E-state index is 11.8. The van der Waals surface area contributed by atoms with E-state index < -0.39 is 5.60 Å². The summed E-state index contributed by atoms with van der Waals surface area (Å²) in [5.74, 6) is 4.89. The molecule has 0 radical (unpaired) electrons. The first-order valence-corrected chi connectivity index (χ1v) is 13.5. The van der Waals surface area contributed by atoms with E-state index in [1.165, 1.54) is 32.2 Å². The second-order valence-corrected chi connectivity index (χ2v) is 13.4.